The fourth-order valence-corrected chi connectivity index (χ4v) is 3.74. The predicted molar refractivity (Wildman–Crippen MR) is 133 cm³/mol. The standard InChI is InChI=1S/C26H20Cl2N2O3/c1-32-24-13-17(12-23(28)25(24)33-16-21-8-4-5-9-22(21)27)15-29-30-26(31)20-11-10-18-6-2-3-7-19(18)14-20/h2-15H,16H2,1H3,(H,30,31)/b29-15-. The Bertz CT molecular complexity index is 1340. The van der Waals surface area contributed by atoms with Crippen LogP contribution in [0.1, 0.15) is 21.5 Å². The molecule has 4 aromatic carbocycles. The zero-order valence-electron chi connectivity index (χ0n) is 17.7. The van der Waals surface area contributed by atoms with Gasteiger partial charge >= 0.3 is 0 Å². The number of ether oxygens (including phenoxy) is 2. The first-order valence-electron chi connectivity index (χ1n) is 10.1. The Balaban J connectivity index is 1.45. The number of methoxy groups -OCH3 is 1. The third kappa shape index (κ3) is 5.45. The number of nitrogens with zero attached hydrogens (tertiary/aromatic N) is 1. The van der Waals surface area contributed by atoms with E-state index in [0.717, 1.165) is 16.3 Å². The first kappa shape index (κ1) is 22.6. The summed E-state index contributed by atoms with van der Waals surface area (Å²) in [5.41, 5.74) is 4.53. The van der Waals surface area contributed by atoms with Crippen LogP contribution in [0.15, 0.2) is 84.0 Å². The van der Waals surface area contributed by atoms with E-state index >= 15 is 0 Å². The molecule has 0 fully saturated rings. The SMILES string of the molecule is COc1cc(/C=N\NC(=O)c2ccc3ccccc3c2)cc(Cl)c1OCc1ccccc1Cl. The normalized spacial score (nSPS) is 11.0. The summed E-state index contributed by atoms with van der Waals surface area (Å²) in [7, 11) is 1.52. The van der Waals surface area contributed by atoms with E-state index < -0.39 is 0 Å². The highest BCUT2D eigenvalue weighted by Gasteiger charge is 2.13. The molecule has 0 bridgehead atoms. The third-order valence-electron chi connectivity index (χ3n) is 4.97. The second kappa shape index (κ2) is 10.4. The zero-order chi connectivity index (χ0) is 23.2. The van der Waals surface area contributed by atoms with Crippen LogP contribution in [0.2, 0.25) is 10.0 Å². The van der Waals surface area contributed by atoms with Crippen LogP contribution >= 0.6 is 23.2 Å². The molecule has 5 nitrogen and oxygen atoms in total. The molecule has 0 radical (unpaired) electrons. The van der Waals surface area contributed by atoms with E-state index in [9.17, 15) is 4.79 Å². The van der Waals surface area contributed by atoms with Crippen molar-refractivity contribution in [1.29, 1.82) is 0 Å². The van der Waals surface area contributed by atoms with Gasteiger partial charge in [-0.15, -0.1) is 0 Å². The van der Waals surface area contributed by atoms with Gasteiger partial charge in [-0.05, 0) is 46.7 Å². The van der Waals surface area contributed by atoms with Crippen molar-refractivity contribution in [2.24, 2.45) is 5.10 Å². The van der Waals surface area contributed by atoms with Crippen molar-refractivity contribution >= 4 is 46.1 Å². The number of hydrogen-bond donors (Lipinski definition) is 1. The molecular formula is C26H20Cl2N2O3. The van der Waals surface area contributed by atoms with Gasteiger partial charge in [0.2, 0.25) is 0 Å². The lowest BCUT2D eigenvalue weighted by Crippen LogP contribution is -2.17. The maximum atomic E-state index is 12.5. The Morgan fingerprint density at radius 1 is 0.939 bits per heavy atom. The van der Waals surface area contributed by atoms with Crippen LogP contribution in [0.25, 0.3) is 10.8 Å². The largest absolute Gasteiger partial charge is 0.493 e. The van der Waals surface area contributed by atoms with E-state index in [2.05, 4.69) is 10.5 Å². The number of fused-ring (bicyclic) bond motifs is 1. The molecule has 33 heavy (non-hydrogen) atoms. The Labute approximate surface area is 201 Å². The number of halogens is 2. The number of hydrogen-bond acceptors (Lipinski definition) is 4. The molecule has 0 heterocycles. The summed E-state index contributed by atoms with van der Waals surface area (Å²) in [4.78, 5) is 12.5. The molecule has 0 aromatic heterocycles. The summed E-state index contributed by atoms with van der Waals surface area (Å²) < 4.78 is 11.3. The first-order valence-corrected chi connectivity index (χ1v) is 10.9. The number of benzene rings is 4. The molecule has 0 atom stereocenters. The van der Waals surface area contributed by atoms with Gasteiger partial charge in [0.25, 0.3) is 5.91 Å². The Hall–Kier alpha value is -3.54. The molecule has 0 spiro atoms. The maximum absolute atomic E-state index is 12.5. The molecule has 4 rings (SSSR count). The number of amides is 1. The lowest BCUT2D eigenvalue weighted by atomic mass is 10.1. The molecule has 0 aliphatic rings. The number of rotatable bonds is 7. The van der Waals surface area contributed by atoms with E-state index in [1.165, 1.54) is 13.3 Å². The van der Waals surface area contributed by atoms with Crippen LogP contribution < -0.4 is 14.9 Å². The topological polar surface area (TPSA) is 59.9 Å². The molecule has 0 aliphatic carbocycles. The van der Waals surface area contributed by atoms with Gasteiger partial charge in [0.15, 0.2) is 11.5 Å². The van der Waals surface area contributed by atoms with Crippen molar-refractivity contribution < 1.29 is 14.3 Å². The van der Waals surface area contributed by atoms with Gasteiger partial charge in [0.05, 0.1) is 18.3 Å². The number of hydrazone groups is 1. The van der Waals surface area contributed by atoms with Crippen molar-refractivity contribution in [3.8, 4) is 11.5 Å². The molecule has 7 heteroatoms. The Morgan fingerprint density at radius 2 is 1.70 bits per heavy atom. The molecule has 0 aliphatic heterocycles. The average molecular weight is 479 g/mol. The molecule has 0 saturated heterocycles. The predicted octanol–water partition coefficient (Wildman–Crippen LogP) is 6.50. The van der Waals surface area contributed by atoms with Gasteiger partial charge < -0.3 is 9.47 Å². The van der Waals surface area contributed by atoms with E-state index in [4.69, 9.17) is 32.7 Å². The minimum Gasteiger partial charge on any atom is -0.493 e. The summed E-state index contributed by atoms with van der Waals surface area (Å²) in [5.74, 6) is 0.531. The number of carbonyl (C=O) groups is 1. The average Bonchev–Trinajstić information content (AvgIpc) is 2.83. The van der Waals surface area contributed by atoms with Crippen LogP contribution in [-0.2, 0) is 6.61 Å². The molecule has 0 saturated carbocycles. The van der Waals surface area contributed by atoms with Gasteiger partial charge in [-0.1, -0.05) is 71.7 Å². The van der Waals surface area contributed by atoms with Crippen molar-refractivity contribution in [1.82, 2.24) is 5.43 Å². The highest BCUT2D eigenvalue weighted by molar-refractivity contribution is 6.32. The smallest absolute Gasteiger partial charge is 0.271 e. The second-order valence-corrected chi connectivity index (χ2v) is 7.99. The minimum absolute atomic E-state index is 0.241. The summed E-state index contributed by atoms with van der Waals surface area (Å²) in [6, 6.07) is 24.1. The third-order valence-corrected chi connectivity index (χ3v) is 5.62. The molecule has 4 aromatic rings. The summed E-state index contributed by atoms with van der Waals surface area (Å²) in [6.45, 7) is 0.241. The summed E-state index contributed by atoms with van der Waals surface area (Å²) >= 11 is 12.6. The van der Waals surface area contributed by atoms with Gasteiger partial charge in [0.1, 0.15) is 6.61 Å². The fourth-order valence-electron chi connectivity index (χ4n) is 3.28. The van der Waals surface area contributed by atoms with E-state index in [1.54, 1.807) is 24.3 Å². The van der Waals surface area contributed by atoms with Gasteiger partial charge in [-0.3, -0.25) is 4.79 Å². The summed E-state index contributed by atoms with van der Waals surface area (Å²) in [6.07, 6.45) is 1.49. The van der Waals surface area contributed by atoms with E-state index in [-0.39, 0.29) is 12.5 Å². The van der Waals surface area contributed by atoms with Gasteiger partial charge in [0, 0.05) is 16.1 Å². The highest BCUT2D eigenvalue weighted by Crippen LogP contribution is 2.37. The minimum atomic E-state index is -0.310. The number of nitrogens with one attached hydrogen (secondary N) is 1. The highest BCUT2D eigenvalue weighted by atomic mass is 35.5. The molecule has 0 unspecified atom stereocenters. The van der Waals surface area contributed by atoms with Crippen LogP contribution in [0.5, 0.6) is 11.5 Å². The van der Waals surface area contributed by atoms with Crippen LogP contribution in [0, 0.1) is 0 Å². The zero-order valence-corrected chi connectivity index (χ0v) is 19.2. The first-order chi connectivity index (χ1) is 16.0. The molecular weight excluding hydrogens is 459 g/mol. The van der Waals surface area contributed by atoms with Crippen LogP contribution in [0.3, 0.4) is 0 Å². The lowest BCUT2D eigenvalue weighted by Gasteiger charge is -2.14. The van der Waals surface area contributed by atoms with E-state index in [1.807, 2.05) is 54.6 Å². The monoisotopic (exact) mass is 478 g/mol. The molecule has 1 amide bonds. The Kier molecular flexibility index (Phi) is 7.13. The van der Waals surface area contributed by atoms with Crippen molar-refractivity contribution in [3.63, 3.8) is 0 Å². The summed E-state index contributed by atoms with van der Waals surface area (Å²) in [5, 5.41) is 7.06. The van der Waals surface area contributed by atoms with Gasteiger partial charge in [-0.25, -0.2) is 5.43 Å². The maximum Gasteiger partial charge on any atom is 0.271 e. The van der Waals surface area contributed by atoms with E-state index in [0.29, 0.717) is 32.7 Å². The van der Waals surface area contributed by atoms with Crippen molar-refractivity contribution in [2.45, 2.75) is 6.61 Å². The Morgan fingerprint density at radius 3 is 2.48 bits per heavy atom. The second-order valence-electron chi connectivity index (χ2n) is 7.18. The quantitative estimate of drug-likeness (QED) is 0.243. The molecule has 1 N–H and O–H groups in total. The number of carbonyl (C=O) groups excluding carboxylic acids is 1. The van der Waals surface area contributed by atoms with Crippen LogP contribution in [-0.4, -0.2) is 19.2 Å². The van der Waals surface area contributed by atoms with Crippen molar-refractivity contribution in [3.05, 3.63) is 106 Å². The van der Waals surface area contributed by atoms with Gasteiger partial charge in [-0.2, -0.15) is 5.10 Å². The van der Waals surface area contributed by atoms with Crippen molar-refractivity contribution in [2.75, 3.05) is 7.11 Å². The van der Waals surface area contributed by atoms with Crippen LogP contribution in [0.4, 0.5) is 0 Å². The fraction of sp³-hybridized carbons (Fsp3) is 0.0769. The lowest BCUT2D eigenvalue weighted by molar-refractivity contribution is 0.0955. The molecule has 166 valence electrons.